The quantitative estimate of drug-likeness (QED) is 0.674. The highest BCUT2D eigenvalue weighted by molar-refractivity contribution is 5.67. The Hall–Kier alpha value is -2.44. The fraction of sp³-hybridized carbons (Fsp3) is 0.111. The van der Waals surface area contributed by atoms with Gasteiger partial charge in [0.05, 0.1) is 0 Å². The zero-order valence-electron chi connectivity index (χ0n) is 8.22. The maximum atomic E-state index is 10.3. The lowest BCUT2D eigenvalue weighted by molar-refractivity contribution is -0.721. The first-order valence-electron chi connectivity index (χ1n) is 4.50. The summed E-state index contributed by atoms with van der Waals surface area (Å²) in [5.41, 5.74) is 0.776. The third-order valence-corrected chi connectivity index (χ3v) is 1.80. The summed E-state index contributed by atoms with van der Waals surface area (Å²) < 4.78 is 1.49. The van der Waals surface area contributed by atoms with Gasteiger partial charge in [0, 0.05) is 0 Å². The summed E-state index contributed by atoms with van der Waals surface area (Å²) in [4.78, 5) is 16.3. The standard InChI is InChI=1S/C9H8N4O3/c14-9(15)6-16-13-11-10-7-12(13)8-4-2-1-3-5-8/h1-5,7H,6H2/p+1. The molecular formula is C9H9N4O3+. The smallest absolute Gasteiger partial charge is 0.344 e. The molecule has 0 saturated heterocycles. The van der Waals surface area contributed by atoms with Crippen molar-refractivity contribution in [2.75, 3.05) is 6.61 Å². The predicted octanol–water partition coefficient (Wildman–Crippen LogP) is -0.932. The molecule has 0 aliphatic heterocycles. The second-order valence-electron chi connectivity index (χ2n) is 2.92. The number of tetrazole rings is 1. The Labute approximate surface area is 90.4 Å². The zero-order valence-corrected chi connectivity index (χ0v) is 8.22. The molecule has 7 nitrogen and oxygen atoms in total. The average Bonchev–Trinajstić information content (AvgIpc) is 2.75. The molecule has 16 heavy (non-hydrogen) atoms. The summed E-state index contributed by atoms with van der Waals surface area (Å²) in [5.74, 6) is -1.07. The SMILES string of the molecule is O=C(O)COn1nnc[n+]1-c1ccccc1. The number of hydrogen-bond acceptors (Lipinski definition) is 4. The van der Waals surface area contributed by atoms with E-state index >= 15 is 0 Å². The molecule has 1 aromatic carbocycles. The van der Waals surface area contributed by atoms with E-state index in [1.165, 1.54) is 11.0 Å². The average molecular weight is 221 g/mol. The van der Waals surface area contributed by atoms with Crippen LogP contribution in [0.25, 0.3) is 5.69 Å². The Bertz CT molecular complexity index is 483. The van der Waals surface area contributed by atoms with Crippen LogP contribution in [0.2, 0.25) is 0 Å². The maximum Gasteiger partial charge on any atom is 0.344 e. The molecule has 82 valence electrons. The van der Waals surface area contributed by atoms with Crippen LogP contribution >= 0.6 is 0 Å². The van der Waals surface area contributed by atoms with Gasteiger partial charge in [0.2, 0.25) is 11.8 Å². The predicted molar refractivity (Wildman–Crippen MR) is 50.6 cm³/mol. The number of hydrogen-bond donors (Lipinski definition) is 1. The van der Waals surface area contributed by atoms with Gasteiger partial charge in [0.1, 0.15) is 15.7 Å². The third kappa shape index (κ3) is 2.14. The van der Waals surface area contributed by atoms with E-state index in [-0.39, 0.29) is 0 Å². The van der Waals surface area contributed by atoms with Crippen LogP contribution in [0.15, 0.2) is 36.7 Å². The largest absolute Gasteiger partial charge is 0.479 e. The van der Waals surface area contributed by atoms with Crippen molar-refractivity contribution < 1.29 is 19.4 Å². The fourth-order valence-corrected chi connectivity index (χ4v) is 1.15. The van der Waals surface area contributed by atoms with Gasteiger partial charge in [0.25, 0.3) is 6.33 Å². The molecule has 0 unspecified atom stereocenters. The molecule has 0 bridgehead atoms. The molecule has 7 heteroatoms. The van der Waals surface area contributed by atoms with Crippen LogP contribution in [0, 0.1) is 0 Å². The van der Waals surface area contributed by atoms with E-state index in [0.717, 1.165) is 10.6 Å². The van der Waals surface area contributed by atoms with Crippen LogP contribution in [0.5, 0.6) is 0 Å². The van der Waals surface area contributed by atoms with Crippen molar-refractivity contribution in [3.63, 3.8) is 0 Å². The molecule has 0 aliphatic carbocycles. The highest BCUT2D eigenvalue weighted by Crippen LogP contribution is 1.95. The lowest BCUT2D eigenvalue weighted by Crippen LogP contribution is -2.45. The molecule has 1 heterocycles. The number of rotatable bonds is 4. The van der Waals surface area contributed by atoms with E-state index in [0.29, 0.717) is 0 Å². The van der Waals surface area contributed by atoms with Crippen molar-refractivity contribution in [2.45, 2.75) is 0 Å². The summed E-state index contributed by atoms with van der Waals surface area (Å²) in [6, 6.07) is 9.21. The topological polar surface area (TPSA) is 81.1 Å². The van der Waals surface area contributed by atoms with Crippen molar-refractivity contribution in [1.82, 2.24) is 15.3 Å². The van der Waals surface area contributed by atoms with E-state index in [9.17, 15) is 4.79 Å². The van der Waals surface area contributed by atoms with Crippen molar-refractivity contribution in [3.05, 3.63) is 36.7 Å². The minimum absolute atomic E-state index is 0.476. The van der Waals surface area contributed by atoms with Crippen molar-refractivity contribution >= 4 is 5.97 Å². The Kier molecular flexibility index (Phi) is 2.77. The summed E-state index contributed by atoms with van der Waals surface area (Å²) >= 11 is 0. The first-order chi connectivity index (χ1) is 7.77. The van der Waals surface area contributed by atoms with Gasteiger partial charge in [-0.2, -0.15) is 0 Å². The molecule has 1 aromatic heterocycles. The second kappa shape index (κ2) is 4.39. The summed E-state index contributed by atoms with van der Waals surface area (Å²) in [7, 11) is 0. The number of carboxylic acids is 1. The molecular weight excluding hydrogens is 212 g/mol. The molecule has 2 aromatic rings. The molecule has 1 N–H and O–H groups in total. The number of aliphatic carboxylic acids is 1. The minimum Gasteiger partial charge on any atom is -0.479 e. The summed E-state index contributed by atoms with van der Waals surface area (Å²) in [6.07, 6.45) is 1.43. The second-order valence-corrected chi connectivity index (χ2v) is 2.92. The molecule has 0 atom stereocenters. The monoisotopic (exact) mass is 221 g/mol. The highest BCUT2D eigenvalue weighted by Gasteiger charge is 2.13. The van der Waals surface area contributed by atoms with E-state index < -0.39 is 12.6 Å². The van der Waals surface area contributed by atoms with Crippen LogP contribution in [0.1, 0.15) is 0 Å². The van der Waals surface area contributed by atoms with Crippen molar-refractivity contribution in [1.29, 1.82) is 0 Å². The first kappa shape index (κ1) is 10.1. The fourth-order valence-electron chi connectivity index (χ4n) is 1.15. The van der Waals surface area contributed by atoms with Gasteiger partial charge < -0.3 is 9.94 Å². The Morgan fingerprint density at radius 3 is 2.88 bits per heavy atom. The number of aromatic nitrogens is 4. The number of para-hydroxylation sites is 1. The first-order valence-corrected chi connectivity index (χ1v) is 4.50. The number of benzene rings is 1. The van der Waals surface area contributed by atoms with Gasteiger partial charge in [-0.15, -0.1) is 0 Å². The van der Waals surface area contributed by atoms with E-state index in [4.69, 9.17) is 9.94 Å². The Balaban J connectivity index is 2.23. The normalized spacial score (nSPS) is 10.0. The molecule has 0 spiro atoms. The van der Waals surface area contributed by atoms with Gasteiger partial charge in [-0.1, -0.05) is 22.9 Å². The lowest BCUT2D eigenvalue weighted by Gasteiger charge is -2.00. The lowest BCUT2D eigenvalue weighted by atomic mass is 10.3. The van der Waals surface area contributed by atoms with Gasteiger partial charge in [-0.05, 0) is 12.1 Å². The van der Waals surface area contributed by atoms with Crippen molar-refractivity contribution in [3.8, 4) is 5.69 Å². The van der Waals surface area contributed by atoms with E-state index in [2.05, 4.69) is 10.3 Å². The van der Waals surface area contributed by atoms with Crippen LogP contribution < -0.4 is 9.52 Å². The Morgan fingerprint density at radius 2 is 2.19 bits per heavy atom. The van der Waals surface area contributed by atoms with Crippen LogP contribution in [-0.4, -0.2) is 33.0 Å². The van der Waals surface area contributed by atoms with E-state index in [1.807, 2.05) is 30.3 Å². The molecule has 2 rings (SSSR count). The molecule has 0 radical (unpaired) electrons. The van der Waals surface area contributed by atoms with Crippen LogP contribution in [0.3, 0.4) is 0 Å². The van der Waals surface area contributed by atoms with Gasteiger partial charge in [0.15, 0.2) is 0 Å². The molecule has 0 aliphatic rings. The summed E-state index contributed by atoms with van der Waals surface area (Å²) in [5, 5.41) is 15.7. The number of carboxylic acid groups (broad SMARTS) is 1. The highest BCUT2D eigenvalue weighted by atomic mass is 16.7. The van der Waals surface area contributed by atoms with Gasteiger partial charge in [-0.25, -0.2) is 4.79 Å². The van der Waals surface area contributed by atoms with Gasteiger partial charge >= 0.3 is 5.97 Å². The maximum absolute atomic E-state index is 10.3. The minimum atomic E-state index is -1.07. The third-order valence-electron chi connectivity index (χ3n) is 1.80. The summed E-state index contributed by atoms with van der Waals surface area (Å²) in [6.45, 7) is -0.476. The molecule has 0 amide bonds. The Morgan fingerprint density at radius 1 is 1.44 bits per heavy atom. The zero-order chi connectivity index (χ0) is 11.4. The van der Waals surface area contributed by atoms with Crippen molar-refractivity contribution in [2.24, 2.45) is 0 Å². The number of nitrogens with zero attached hydrogens (tertiary/aromatic N) is 4. The van der Waals surface area contributed by atoms with Crippen LogP contribution in [0.4, 0.5) is 0 Å². The van der Waals surface area contributed by atoms with Crippen LogP contribution in [-0.2, 0) is 4.79 Å². The van der Waals surface area contributed by atoms with E-state index in [1.54, 1.807) is 0 Å². The van der Waals surface area contributed by atoms with Gasteiger partial charge in [-0.3, -0.25) is 0 Å². The molecule has 0 fully saturated rings. The molecule has 0 saturated carbocycles. The number of carbonyl (C=O) groups is 1.